The Morgan fingerprint density at radius 2 is 1.96 bits per heavy atom. The van der Waals surface area contributed by atoms with Crippen LogP contribution in [-0.4, -0.2) is 24.7 Å². The summed E-state index contributed by atoms with van der Waals surface area (Å²) in [5, 5.41) is 4.36. The first kappa shape index (κ1) is 19.2. The summed E-state index contributed by atoms with van der Waals surface area (Å²) < 4.78 is 4.95. The molecule has 0 spiro atoms. The number of nitrogens with zero attached hydrogens (tertiary/aromatic N) is 1. The van der Waals surface area contributed by atoms with Gasteiger partial charge < -0.3 is 4.74 Å². The largest absolute Gasteiger partial charge is 0.469 e. The summed E-state index contributed by atoms with van der Waals surface area (Å²) in [4.78, 5) is 24.2. The SMILES string of the molecule is CCCCCC[C@@H]1/C(=N/NC(=O)c2ccccc2)CC[C@@H]1C(=O)OC. The Labute approximate surface area is 149 Å². The highest BCUT2D eigenvalue weighted by atomic mass is 16.5. The van der Waals surface area contributed by atoms with Gasteiger partial charge in [0.05, 0.1) is 13.0 Å². The average Bonchev–Trinajstić information content (AvgIpc) is 3.06. The molecule has 1 aliphatic carbocycles. The van der Waals surface area contributed by atoms with Crippen molar-refractivity contribution in [2.24, 2.45) is 16.9 Å². The molecule has 1 N–H and O–H groups in total. The fourth-order valence-corrected chi connectivity index (χ4v) is 3.43. The summed E-state index contributed by atoms with van der Waals surface area (Å²) in [6.45, 7) is 2.18. The zero-order valence-electron chi connectivity index (χ0n) is 15.2. The molecule has 0 heterocycles. The van der Waals surface area contributed by atoms with Crippen LogP contribution in [0.3, 0.4) is 0 Å². The van der Waals surface area contributed by atoms with Crippen molar-refractivity contribution in [2.75, 3.05) is 7.11 Å². The Bertz CT molecular complexity index is 598. The smallest absolute Gasteiger partial charge is 0.309 e. The zero-order valence-corrected chi connectivity index (χ0v) is 15.2. The van der Waals surface area contributed by atoms with E-state index in [1.54, 1.807) is 12.1 Å². The van der Waals surface area contributed by atoms with Gasteiger partial charge in [-0.3, -0.25) is 9.59 Å². The third-order valence-corrected chi connectivity index (χ3v) is 4.83. The van der Waals surface area contributed by atoms with Crippen molar-refractivity contribution in [2.45, 2.75) is 51.9 Å². The molecule has 2 atom stereocenters. The first-order valence-electron chi connectivity index (χ1n) is 9.17. The van der Waals surface area contributed by atoms with Crippen LogP contribution in [0.4, 0.5) is 0 Å². The van der Waals surface area contributed by atoms with Crippen LogP contribution in [0.2, 0.25) is 0 Å². The number of carbonyl (C=O) groups excluding carboxylic acids is 2. The van der Waals surface area contributed by atoms with Crippen LogP contribution in [0.5, 0.6) is 0 Å². The van der Waals surface area contributed by atoms with E-state index in [1.807, 2.05) is 18.2 Å². The molecule has 1 fully saturated rings. The minimum absolute atomic E-state index is 0.0698. The molecule has 5 nitrogen and oxygen atoms in total. The maximum absolute atomic E-state index is 12.2. The molecule has 136 valence electrons. The number of ether oxygens (including phenoxy) is 1. The van der Waals surface area contributed by atoms with E-state index in [1.165, 1.54) is 20.0 Å². The van der Waals surface area contributed by atoms with E-state index in [2.05, 4.69) is 17.5 Å². The third kappa shape index (κ3) is 5.41. The molecule has 1 amide bonds. The molecule has 0 radical (unpaired) electrons. The van der Waals surface area contributed by atoms with Gasteiger partial charge >= 0.3 is 5.97 Å². The predicted octanol–water partition coefficient (Wildman–Crippen LogP) is 3.94. The lowest BCUT2D eigenvalue weighted by Gasteiger charge is -2.18. The van der Waals surface area contributed by atoms with Crippen LogP contribution in [0.25, 0.3) is 0 Å². The maximum Gasteiger partial charge on any atom is 0.309 e. The highest BCUT2D eigenvalue weighted by molar-refractivity contribution is 5.97. The molecule has 2 rings (SSSR count). The quantitative estimate of drug-likeness (QED) is 0.441. The van der Waals surface area contributed by atoms with Gasteiger partial charge in [-0.1, -0.05) is 50.8 Å². The van der Waals surface area contributed by atoms with Gasteiger partial charge in [-0.05, 0) is 31.4 Å². The first-order chi connectivity index (χ1) is 12.2. The van der Waals surface area contributed by atoms with Crippen LogP contribution in [0.1, 0.15) is 62.2 Å². The molecule has 0 bridgehead atoms. The number of esters is 1. The molecule has 1 aromatic carbocycles. The Balaban J connectivity index is 2.02. The molecule has 0 aromatic heterocycles. The summed E-state index contributed by atoms with van der Waals surface area (Å²) in [6, 6.07) is 9.02. The van der Waals surface area contributed by atoms with E-state index in [4.69, 9.17) is 4.74 Å². The second-order valence-electron chi connectivity index (χ2n) is 6.53. The second kappa shape index (κ2) is 9.97. The van der Waals surface area contributed by atoms with Crippen molar-refractivity contribution in [3.05, 3.63) is 35.9 Å². The van der Waals surface area contributed by atoms with Crippen LogP contribution in [0.15, 0.2) is 35.4 Å². The van der Waals surface area contributed by atoms with E-state index in [-0.39, 0.29) is 23.7 Å². The number of rotatable bonds is 8. The van der Waals surface area contributed by atoms with E-state index < -0.39 is 0 Å². The number of unbranched alkanes of at least 4 members (excludes halogenated alkanes) is 3. The van der Waals surface area contributed by atoms with Crippen molar-refractivity contribution in [3.8, 4) is 0 Å². The molecule has 0 aliphatic heterocycles. The normalized spacial score (nSPS) is 21.3. The van der Waals surface area contributed by atoms with Crippen molar-refractivity contribution in [3.63, 3.8) is 0 Å². The molecular weight excluding hydrogens is 316 g/mol. The van der Waals surface area contributed by atoms with E-state index in [0.29, 0.717) is 5.56 Å². The summed E-state index contributed by atoms with van der Waals surface area (Å²) in [7, 11) is 1.43. The van der Waals surface area contributed by atoms with E-state index in [0.717, 1.165) is 37.8 Å². The predicted molar refractivity (Wildman–Crippen MR) is 98.3 cm³/mol. The minimum Gasteiger partial charge on any atom is -0.469 e. The highest BCUT2D eigenvalue weighted by Gasteiger charge is 2.38. The lowest BCUT2D eigenvalue weighted by Crippen LogP contribution is -2.26. The molecule has 25 heavy (non-hydrogen) atoms. The Kier molecular flexibility index (Phi) is 7.64. The fraction of sp³-hybridized carbons (Fsp3) is 0.550. The van der Waals surface area contributed by atoms with E-state index in [9.17, 15) is 9.59 Å². The van der Waals surface area contributed by atoms with Gasteiger partial charge in [0.2, 0.25) is 0 Å². The van der Waals surface area contributed by atoms with Crippen molar-refractivity contribution < 1.29 is 14.3 Å². The number of carbonyl (C=O) groups is 2. The number of hydrazone groups is 1. The van der Waals surface area contributed by atoms with E-state index >= 15 is 0 Å². The molecular formula is C20H28N2O3. The molecule has 1 saturated carbocycles. The van der Waals surface area contributed by atoms with Crippen LogP contribution >= 0.6 is 0 Å². The molecule has 5 heteroatoms. The van der Waals surface area contributed by atoms with Gasteiger partial charge in [-0.2, -0.15) is 5.10 Å². The monoisotopic (exact) mass is 344 g/mol. The van der Waals surface area contributed by atoms with Gasteiger partial charge in [0.15, 0.2) is 0 Å². The molecule has 0 unspecified atom stereocenters. The highest BCUT2D eigenvalue weighted by Crippen LogP contribution is 2.34. The standard InChI is InChI=1S/C20H28N2O3/c1-3-4-5-9-12-16-17(20(24)25-2)13-14-18(16)21-22-19(23)15-10-7-6-8-11-15/h6-8,10-11,16-17H,3-5,9,12-14H2,1-2H3,(H,22,23)/b21-18+/t16-,17-/m0/s1. The minimum atomic E-state index is -0.223. The Hall–Kier alpha value is -2.17. The lowest BCUT2D eigenvalue weighted by molar-refractivity contribution is -0.146. The topological polar surface area (TPSA) is 67.8 Å². The van der Waals surface area contributed by atoms with Crippen LogP contribution in [-0.2, 0) is 9.53 Å². The molecule has 1 aliphatic rings. The van der Waals surface area contributed by atoms with Crippen LogP contribution < -0.4 is 5.43 Å². The Morgan fingerprint density at radius 1 is 1.20 bits per heavy atom. The number of hydrogen-bond acceptors (Lipinski definition) is 4. The Morgan fingerprint density at radius 3 is 2.64 bits per heavy atom. The van der Waals surface area contributed by atoms with Crippen molar-refractivity contribution >= 4 is 17.6 Å². The van der Waals surface area contributed by atoms with Gasteiger partial charge in [0.25, 0.3) is 5.91 Å². The number of benzene rings is 1. The summed E-state index contributed by atoms with van der Waals surface area (Å²) in [5.74, 6) is -0.459. The first-order valence-corrected chi connectivity index (χ1v) is 9.17. The molecule has 1 aromatic rings. The van der Waals surface area contributed by atoms with Gasteiger partial charge in [-0.25, -0.2) is 5.43 Å². The molecule has 0 saturated heterocycles. The number of nitrogens with one attached hydrogen (secondary N) is 1. The summed E-state index contributed by atoms with van der Waals surface area (Å²) in [5.41, 5.74) is 4.14. The third-order valence-electron chi connectivity index (χ3n) is 4.83. The lowest BCUT2D eigenvalue weighted by atomic mass is 9.89. The number of methoxy groups -OCH3 is 1. The zero-order chi connectivity index (χ0) is 18.1. The number of amides is 1. The van der Waals surface area contributed by atoms with Gasteiger partial charge in [-0.15, -0.1) is 0 Å². The average molecular weight is 344 g/mol. The second-order valence-corrected chi connectivity index (χ2v) is 6.53. The maximum atomic E-state index is 12.2. The summed E-state index contributed by atoms with van der Waals surface area (Å²) >= 11 is 0. The van der Waals surface area contributed by atoms with Gasteiger partial charge in [0.1, 0.15) is 0 Å². The van der Waals surface area contributed by atoms with Crippen molar-refractivity contribution in [1.82, 2.24) is 5.43 Å². The summed E-state index contributed by atoms with van der Waals surface area (Å²) in [6.07, 6.45) is 6.99. The number of hydrogen-bond donors (Lipinski definition) is 1. The van der Waals surface area contributed by atoms with Crippen LogP contribution in [0, 0.1) is 11.8 Å². The fourth-order valence-electron chi connectivity index (χ4n) is 3.43. The van der Waals surface area contributed by atoms with Gasteiger partial charge in [0, 0.05) is 17.2 Å². The van der Waals surface area contributed by atoms with Crippen molar-refractivity contribution in [1.29, 1.82) is 0 Å².